The number of hydrogen-bond acceptors (Lipinski definition) is 6. The van der Waals surface area contributed by atoms with Crippen LogP contribution in [0.2, 0.25) is 0 Å². The third-order valence-electron chi connectivity index (χ3n) is 3.10. The van der Waals surface area contributed by atoms with Crippen molar-refractivity contribution in [1.29, 1.82) is 0 Å². The molecule has 0 aliphatic carbocycles. The zero-order chi connectivity index (χ0) is 16.0. The van der Waals surface area contributed by atoms with Gasteiger partial charge in [0.15, 0.2) is 0 Å². The molecule has 3 unspecified atom stereocenters. The van der Waals surface area contributed by atoms with Gasteiger partial charge in [-0.15, -0.1) is 0 Å². The van der Waals surface area contributed by atoms with Gasteiger partial charge in [-0.25, -0.2) is 0 Å². The number of ether oxygens (including phenoxy) is 3. The average molecular weight is 294 g/mol. The van der Waals surface area contributed by atoms with E-state index in [0.717, 1.165) is 0 Å². The van der Waals surface area contributed by atoms with Crippen molar-refractivity contribution in [2.75, 3.05) is 26.9 Å². The third-order valence-corrected chi connectivity index (χ3v) is 3.10. The van der Waals surface area contributed by atoms with Gasteiger partial charge in [-0.1, -0.05) is 0 Å². The zero-order valence-corrected chi connectivity index (χ0v) is 13.4. The van der Waals surface area contributed by atoms with Gasteiger partial charge in [0.1, 0.15) is 18.3 Å². The van der Waals surface area contributed by atoms with Crippen LogP contribution in [0, 0.1) is 0 Å². The van der Waals surface area contributed by atoms with Gasteiger partial charge in [0.05, 0.1) is 31.0 Å². The fourth-order valence-electron chi connectivity index (χ4n) is 1.46. The lowest BCUT2D eigenvalue weighted by molar-refractivity contribution is -0.194. The number of aliphatic hydroxyl groups excluding tert-OH is 3. The van der Waals surface area contributed by atoms with Crippen LogP contribution in [0.25, 0.3) is 0 Å². The molecule has 0 aromatic heterocycles. The number of hydrogen-bond donors (Lipinski definition) is 3. The topological polar surface area (TPSA) is 88.4 Å². The number of rotatable bonds is 9. The molecule has 0 spiro atoms. The van der Waals surface area contributed by atoms with Crippen molar-refractivity contribution in [3.05, 3.63) is 0 Å². The molecule has 0 heterocycles. The van der Waals surface area contributed by atoms with Crippen LogP contribution in [-0.2, 0) is 14.2 Å². The first kappa shape index (κ1) is 19.8. The van der Waals surface area contributed by atoms with E-state index >= 15 is 0 Å². The van der Waals surface area contributed by atoms with E-state index in [1.165, 1.54) is 7.11 Å². The maximum absolute atomic E-state index is 9.82. The Labute approximate surface area is 121 Å². The van der Waals surface area contributed by atoms with Gasteiger partial charge in [0.2, 0.25) is 0 Å². The molecule has 0 aromatic carbocycles. The second kappa shape index (κ2) is 8.26. The molecule has 20 heavy (non-hydrogen) atoms. The van der Waals surface area contributed by atoms with Crippen molar-refractivity contribution in [1.82, 2.24) is 0 Å². The van der Waals surface area contributed by atoms with Crippen molar-refractivity contribution in [3.63, 3.8) is 0 Å². The Morgan fingerprint density at radius 3 is 1.90 bits per heavy atom. The van der Waals surface area contributed by atoms with Crippen LogP contribution in [0.4, 0.5) is 0 Å². The summed E-state index contributed by atoms with van der Waals surface area (Å²) in [5, 5.41) is 28.4. The largest absolute Gasteiger partial charge is 0.394 e. The van der Waals surface area contributed by atoms with Gasteiger partial charge in [-0.05, 0) is 34.6 Å². The minimum atomic E-state index is -1.08. The Balaban J connectivity index is 4.78. The van der Waals surface area contributed by atoms with E-state index in [0.29, 0.717) is 0 Å². The molecular formula is C14H30O6. The standard InChI is InChI=1S/C14H30O6/c1-13(2,3)19-9-11(10(17)7-15)20-12(8-16)14(4,5)18-6/h10-12,15-17H,7-9H2,1-6H3. The fourth-order valence-corrected chi connectivity index (χ4v) is 1.46. The molecule has 0 fully saturated rings. The molecule has 0 aliphatic heterocycles. The number of aliphatic hydroxyl groups is 3. The summed E-state index contributed by atoms with van der Waals surface area (Å²) in [5.74, 6) is 0. The molecule has 0 saturated carbocycles. The second-order valence-electron chi connectivity index (χ2n) is 6.33. The van der Waals surface area contributed by atoms with E-state index in [-0.39, 0.29) is 18.8 Å². The smallest absolute Gasteiger partial charge is 0.110 e. The monoisotopic (exact) mass is 294 g/mol. The van der Waals surface area contributed by atoms with Crippen LogP contribution in [0.15, 0.2) is 0 Å². The minimum absolute atomic E-state index is 0.113. The van der Waals surface area contributed by atoms with E-state index < -0.39 is 30.5 Å². The molecule has 122 valence electrons. The molecule has 0 aliphatic rings. The van der Waals surface area contributed by atoms with E-state index in [4.69, 9.17) is 19.3 Å². The first-order valence-electron chi connectivity index (χ1n) is 6.81. The van der Waals surface area contributed by atoms with E-state index in [9.17, 15) is 10.2 Å². The first-order valence-corrected chi connectivity index (χ1v) is 6.81. The van der Waals surface area contributed by atoms with Crippen LogP contribution < -0.4 is 0 Å². The van der Waals surface area contributed by atoms with E-state index in [2.05, 4.69) is 0 Å². The molecule has 6 heteroatoms. The van der Waals surface area contributed by atoms with Crippen molar-refractivity contribution in [2.24, 2.45) is 0 Å². The Morgan fingerprint density at radius 2 is 1.55 bits per heavy atom. The molecule has 0 amide bonds. The van der Waals surface area contributed by atoms with E-state index in [1.807, 2.05) is 20.8 Å². The summed E-state index contributed by atoms with van der Waals surface area (Å²) < 4.78 is 16.6. The lowest BCUT2D eigenvalue weighted by Crippen LogP contribution is -2.49. The van der Waals surface area contributed by atoms with Gasteiger partial charge >= 0.3 is 0 Å². The van der Waals surface area contributed by atoms with Gasteiger partial charge in [0, 0.05) is 7.11 Å². The van der Waals surface area contributed by atoms with Gasteiger partial charge in [0.25, 0.3) is 0 Å². The van der Waals surface area contributed by atoms with Crippen molar-refractivity contribution in [2.45, 2.75) is 64.1 Å². The Morgan fingerprint density at radius 1 is 1.00 bits per heavy atom. The Kier molecular flexibility index (Phi) is 8.16. The molecule has 0 saturated heterocycles. The number of methoxy groups -OCH3 is 1. The minimum Gasteiger partial charge on any atom is -0.394 e. The molecule has 0 bridgehead atoms. The summed E-state index contributed by atoms with van der Waals surface area (Å²) in [6, 6.07) is 0. The van der Waals surface area contributed by atoms with Gasteiger partial charge in [-0.2, -0.15) is 0 Å². The van der Waals surface area contributed by atoms with Crippen molar-refractivity contribution in [3.8, 4) is 0 Å². The Bertz CT molecular complexity index is 261. The summed E-state index contributed by atoms with van der Waals surface area (Å²) in [4.78, 5) is 0. The maximum Gasteiger partial charge on any atom is 0.110 e. The SMILES string of the molecule is COC(C)(C)C(CO)OC(COC(C)(C)C)C(O)CO. The molecule has 0 aromatic rings. The first-order chi connectivity index (χ1) is 9.07. The lowest BCUT2D eigenvalue weighted by Gasteiger charge is -2.36. The molecule has 0 rings (SSSR count). The highest BCUT2D eigenvalue weighted by Crippen LogP contribution is 2.20. The molecule has 0 radical (unpaired) electrons. The predicted molar refractivity (Wildman–Crippen MR) is 75.6 cm³/mol. The molecular weight excluding hydrogens is 264 g/mol. The fraction of sp³-hybridized carbons (Fsp3) is 1.00. The Hall–Kier alpha value is -0.240. The highest BCUT2D eigenvalue weighted by Gasteiger charge is 2.34. The van der Waals surface area contributed by atoms with Crippen LogP contribution in [0.1, 0.15) is 34.6 Å². The normalized spacial score (nSPS) is 17.9. The zero-order valence-electron chi connectivity index (χ0n) is 13.4. The van der Waals surface area contributed by atoms with Crippen molar-refractivity contribution < 1.29 is 29.5 Å². The van der Waals surface area contributed by atoms with Gasteiger partial charge < -0.3 is 29.5 Å². The van der Waals surface area contributed by atoms with Crippen LogP contribution in [0.5, 0.6) is 0 Å². The highest BCUT2D eigenvalue weighted by molar-refractivity contribution is 4.82. The second-order valence-corrected chi connectivity index (χ2v) is 6.33. The summed E-state index contributed by atoms with van der Waals surface area (Å²) >= 11 is 0. The van der Waals surface area contributed by atoms with E-state index in [1.54, 1.807) is 13.8 Å². The average Bonchev–Trinajstić information content (AvgIpc) is 2.36. The van der Waals surface area contributed by atoms with Crippen LogP contribution >= 0.6 is 0 Å². The summed E-state index contributed by atoms with van der Waals surface area (Å²) in [7, 11) is 1.52. The predicted octanol–water partition coefficient (Wildman–Crippen LogP) is 0.326. The van der Waals surface area contributed by atoms with Gasteiger partial charge in [-0.3, -0.25) is 0 Å². The van der Waals surface area contributed by atoms with Crippen LogP contribution in [0.3, 0.4) is 0 Å². The third kappa shape index (κ3) is 6.97. The highest BCUT2D eigenvalue weighted by atomic mass is 16.6. The summed E-state index contributed by atoms with van der Waals surface area (Å²) in [6.45, 7) is 8.63. The molecule has 6 nitrogen and oxygen atoms in total. The molecule has 3 N–H and O–H groups in total. The lowest BCUT2D eigenvalue weighted by atomic mass is 10.0. The van der Waals surface area contributed by atoms with Crippen LogP contribution in [-0.4, -0.2) is 71.8 Å². The summed E-state index contributed by atoms with van der Waals surface area (Å²) in [6.07, 6.45) is -2.47. The molecule has 3 atom stereocenters. The maximum atomic E-state index is 9.82. The van der Waals surface area contributed by atoms with Crippen molar-refractivity contribution >= 4 is 0 Å². The summed E-state index contributed by atoms with van der Waals surface area (Å²) in [5.41, 5.74) is -1.10. The quantitative estimate of drug-likeness (QED) is 0.568.